The SMILES string of the molecule is Cc1ccc(N(Cc2ccco2)C(=O)COc2c(Cl)cc(Cl)cc2Cl)cc1. The molecule has 3 rings (SSSR count). The van der Waals surface area contributed by atoms with E-state index in [0.29, 0.717) is 10.8 Å². The molecule has 0 radical (unpaired) electrons. The van der Waals surface area contributed by atoms with Gasteiger partial charge in [-0.25, -0.2) is 0 Å². The fraction of sp³-hybridized carbons (Fsp3) is 0.150. The molecule has 1 heterocycles. The third-order valence-corrected chi connectivity index (χ3v) is 4.62. The Labute approximate surface area is 172 Å². The largest absolute Gasteiger partial charge is 0.481 e. The van der Waals surface area contributed by atoms with Crippen LogP contribution in [0, 0.1) is 6.92 Å². The van der Waals surface area contributed by atoms with Gasteiger partial charge in [0.1, 0.15) is 5.76 Å². The fourth-order valence-electron chi connectivity index (χ4n) is 2.49. The van der Waals surface area contributed by atoms with Crippen molar-refractivity contribution in [1.29, 1.82) is 0 Å². The molecule has 1 aromatic heterocycles. The summed E-state index contributed by atoms with van der Waals surface area (Å²) in [7, 11) is 0. The van der Waals surface area contributed by atoms with Gasteiger partial charge in [0.25, 0.3) is 5.91 Å². The van der Waals surface area contributed by atoms with Gasteiger partial charge >= 0.3 is 0 Å². The zero-order valence-electron chi connectivity index (χ0n) is 14.4. The van der Waals surface area contributed by atoms with Crippen molar-refractivity contribution in [3.8, 4) is 5.75 Å². The maximum Gasteiger partial charge on any atom is 0.265 e. The second-order valence-corrected chi connectivity index (χ2v) is 7.13. The first-order chi connectivity index (χ1) is 12.9. The number of benzene rings is 2. The number of nitrogens with zero attached hydrogens (tertiary/aromatic N) is 1. The van der Waals surface area contributed by atoms with Gasteiger partial charge in [-0.15, -0.1) is 0 Å². The van der Waals surface area contributed by atoms with E-state index >= 15 is 0 Å². The summed E-state index contributed by atoms with van der Waals surface area (Å²) in [5, 5.41) is 0.879. The van der Waals surface area contributed by atoms with Crippen molar-refractivity contribution >= 4 is 46.4 Å². The number of carbonyl (C=O) groups is 1. The van der Waals surface area contributed by atoms with E-state index in [0.717, 1.165) is 11.3 Å². The van der Waals surface area contributed by atoms with Crippen LogP contribution in [0.25, 0.3) is 0 Å². The van der Waals surface area contributed by atoms with Gasteiger partial charge in [-0.1, -0.05) is 52.5 Å². The Morgan fingerprint density at radius 2 is 1.74 bits per heavy atom. The molecule has 0 aliphatic carbocycles. The molecule has 0 saturated heterocycles. The molecule has 0 spiro atoms. The van der Waals surface area contributed by atoms with E-state index in [4.69, 9.17) is 44.0 Å². The summed E-state index contributed by atoms with van der Waals surface area (Å²) in [5.74, 6) is 0.613. The first kappa shape index (κ1) is 19.6. The van der Waals surface area contributed by atoms with E-state index in [9.17, 15) is 4.79 Å². The summed E-state index contributed by atoms with van der Waals surface area (Å²) < 4.78 is 11.0. The standard InChI is InChI=1S/C20H16Cl3NO3/c1-13-4-6-15(7-5-13)24(11-16-3-2-8-26-16)19(25)12-27-20-17(22)9-14(21)10-18(20)23/h2-10H,11-12H2,1H3. The first-order valence-electron chi connectivity index (χ1n) is 8.11. The van der Waals surface area contributed by atoms with Crippen molar-refractivity contribution in [3.05, 3.63) is 81.2 Å². The van der Waals surface area contributed by atoms with Crippen molar-refractivity contribution in [2.45, 2.75) is 13.5 Å². The summed E-state index contributed by atoms with van der Waals surface area (Å²) in [5.41, 5.74) is 1.83. The van der Waals surface area contributed by atoms with Gasteiger partial charge in [-0.3, -0.25) is 4.79 Å². The summed E-state index contributed by atoms with van der Waals surface area (Å²) in [4.78, 5) is 14.4. The van der Waals surface area contributed by atoms with Gasteiger partial charge in [0.15, 0.2) is 12.4 Å². The lowest BCUT2D eigenvalue weighted by Crippen LogP contribution is -2.34. The summed E-state index contributed by atoms with van der Waals surface area (Å²) >= 11 is 18.1. The summed E-state index contributed by atoms with van der Waals surface area (Å²) in [6.07, 6.45) is 1.57. The second kappa shape index (κ2) is 8.70. The Balaban J connectivity index is 1.79. The summed E-state index contributed by atoms with van der Waals surface area (Å²) in [6.45, 7) is 2.02. The molecule has 0 bridgehead atoms. The van der Waals surface area contributed by atoms with Crippen molar-refractivity contribution in [2.24, 2.45) is 0 Å². The highest BCUT2D eigenvalue weighted by Crippen LogP contribution is 2.35. The minimum absolute atomic E-state index is 0.220. The molecule has 3 aromatic rings. The number of carbonyl (C=O) groups excluding carboxylic acids is 1. The molecular weight excluding hydrogens is 409 g/mol. The third-order valence-electron chi connectivity index (χ3n) is 3.84. The van der Waals surface area contributed by atoms with Crippen molar-refractivity contribution in [3.63, 3.8) is 0 Å². The smallest absolute Gasteiger partial charge is 0.265 e. The van der Waals surface area contributed by atoms with Gasteiger partial charge < -0.3 is 14.1 Å². The van der Waals surface area contributed by atoms with E-state index in [2.05, 4.69) is 0 Å². The van der Waals surface area contributed by atoms with Crippen LogP contribution in [0.15, 0.2) is 59.2 Å². The Hall–Kier alpha value is -2.14. The van der Waals surface area contributed by atoms with Crippen LogP contribution in [0.2, 0.25) is 15.1 Å². The zero-order valence-corrected chi connectivity index (χ0v) is 16.7. The lowest BCUT2D eigenvalue weighted by atomic mass is 10.2. The number of ether oxygens (including phenoxy) is 1. The number of rotatable bonds is 6. The number of furan rings is 1. The molecule has 0 atom stereocenters. The quantitative estimate of drug-likeness (QED) is 0.476. The maximum atomic E-state index is 12.9. The average molecular weight is 425 g/mol. The lowest BCUT2D eigenvalue weighted by molar-refractivity contribution is -0.120. The topological polar surface area (TPSA) is 42.7 Å². The molecule has 0 fully saturated rings. The second-order valence-electron chi connectivity index (χ2n) is 5.88. The van der Waals surface area contributed by atoms with Crippen molar-refractivity contribution in [1.82, 2.24) is 0 Å². The molecule has 0 N–H and O–H groups in total. The molecule has 1 amide bonds. The molecule has 7 heteroatoms. The van der Waals surface area contributed by atoms with Crippen LogP contribution in [0.5, 0.6) is 5.75 Å². The van der Waals surface area contributed by atoms with Gasteiger partial charge in [0.2, 0.25) is 0 Å². The van der Waals surface area contributed by atoms with Crippen molar-refractivity contribution < 1.29 is 13.9 Å². The van der Waals surface area contributed by atoms with E-state index in [1.165, 1.54) is 12.1 Å². The highest BCUT2D eigenvalue weighted by molar-refractivity contribution is 6.40. The Morgan fingerprint density at radius 3 is 2.33 bits per heavy atom. The predicted molar refractivity (Wildman–Crippen MR) is 108 cm³/mol. The van der Waals surface area contributed by atoms with Crippen LogP contribution in [-0.2, 0) is 11.3 Å². The van der Waals surface area contributed by atoms with Crippen LogP contribution < -0.4 is 9.64 Å². The van der Waals surface area contributed by atoms with Crippen LogP contribution >= 0.6 is 34.8 Å². The van der Waals surface area contributed by atoms with Crippen LogP contribution in [0.3, 0.4) is 0 Å². The third kappa shape index (κ3) is 4.98. The van der Waals surface area contributed by atoms with Crippen LogP contribution in [-0.4, -0.2) is 12.5 Å². The van der Waals surface area contributed by atoms with E-state index in [-0.39, 0.29) is 34.9 Å². The number of anilines is 1. The minimum atomic E-state index is -0.266. The Morgan fingerprint density at radius 1 is 1.07 bits per heavy atom. The number of hydrogen-bond acceptors (Lipinski definition) is 3. The number of aryl methyl sites for hydroxylation is 1. The Bertz CT molecular complexity index is 901. The predicted octanol–water partition coefficient (Wildman–Crippen LogP) is 6.16. The minimum Gasteiger partial charge on any atom is -0.481 e. The lowest BCUT2D eigenvalue weighted by Gasteiger charge is -2.22. The van der Waals surface area contributed by atoms with E-state index in [1.807, 2.05) is 37.3 Å². The molecule has 27 heavy (non-hydrogen) atoms. The first-order valence-corrected chi connectivity index (χ1v) is 9.24. The molecule has 0 saturated carbocycles. The number of halogens is 3. The molecule has 140 valence electrons. The Kier molecular flexibility index (Phi) is 6.32. The molecule has 0 unspecified atom stereocenters. The molecular formula is C20H16Cl3NO3. The van der Waals surface area contributed by atoms with Crippen LogP contribution in [0.4, 0.5) is 5.69 Å². The average Bonchev–Trinajstić information content (AvgIpc) is 3.12. The van der Waals surface area contributed by atoms with Gasteiger partial charge in [-0.2, -0.15) is 0 Å². The molecule has 4 nitrogen and oxygen atoms in total. The van der Waals surface area contributed by atoms with E-state index < -0.39 is 0 Å². The molecule has 0 aliphatic heterocycles. The fourth-order valence-corrected chi connectivity index (χ4v) is 3.41. The maximum absolute atomic E-state index is 12.9. The monoisotopic (exact) mass is 423 g/mol. The number of hydrogen-bond donors (Lipinski definition) is 0. The molecule has 2 aromatic carbocycles. The van der Waals surface area contributed by atoms with E-state index in [1.54, 1.807) is 17.2 Å². The highest BCUT2D eigenvalue weighted by atomic mass is 35.5. The normalized spacial score (nSPS) is 10.7. The number of amides is 1. The van der Waals surface area contributed by atoms with Crippen molar-refractivity contribution in [2.75, 3.05) is 11.5 Å². The zero-order chi connectivity index (χ0) is 19.4. The molecule has 0 aliphatic rings. The summed E-state index contributed by atoms with van der Waals surface area (Å²) in [6, 6.07) is 14.2. The van der Waals surface area contributed by atoms with Gasteiger partial charge in [0.05, 0.1) is 22.9 Å². The van der Waals surface area contributed by atoms with Gasteiger partial charge in [0, 0.05) is 10.7 Å². The highest BCUT2D eigenvalue weighted by Gasteiger charge is 2.19. The van der Waals surface area contributed by atoms with Crippen LogP contribution in [0.1, 0.15) is 11.3 Å². The van der Waals surface area contributed by atoms with Gasteiger partial charge in [-0.05, 0) is 43.3 Å².